The Morgan fingerprint density at radius 2 is 1.88 bits per heavy atom. The highest BCUT2D eigenvalue weighted by molar-refractivity contribution is 5.92. The zero-order valence-corrected chi connectivity index (χ0v) is 14.3. The van der Waals surface area contributed by atoms with Crippen LogP contribution >= 0.6 is 0 Å². The highest BCUT2D eigenvalue weighted by atomic mass is 16.2. The SMILES string of the molecule is N#Cc1ccccc1NC(=O)CCN1CCC(NC(=O)C2CC2)CC1. The number of piperidine rings is 1. The third kappa shape index (κ3) is 5.04. The van der Waals surface area contributed by atoms with E-state index in [0.29, 0.717) is 24.2 Å². The highest BCUT2D eigenvalue weighted by Crippen LogP contribution is 2.29. The molecule has 6 heteroatoms. The van der Waals surface area contributed by atoms with Gasteiger partial charge in [0.15, 0.2) is 0 Å². The van der Waals surface area contributed by atoms with Crippen molar-refractivity contribution in [1.82, 2.24) is 10.2 Å². The highest BCUT2D eigenvalue weighted by Gasteiger charge is 2.31. The number of hydrogen-bond donors (Lipinski definition) is 2. The van der Waals surface area contributed by atoms with Crippen molar-refractivity contribution in [3.8, 4) is 6.07 Å². The molecule has 1 aliphatic heterocycles. The average Bonchev–Trinajstić information content (AvgIpc) is 3.47. The van der Waals surface area contributed by atoms with E-state index >= 15 is 0 Å². The van der Waals surface area contributed by atoms with Crippen molar-refractivity contribution in [1.29, 1.82) is 5.26 Å². The topological polar surface area (TPSA) is 85.2 Å². The maximum absolute atomic E-state index is 12.1. The van der Waals surface area contributed by atoms with Gasteiger partial charge in [-0.05, 0) is 37.8 Å². The number of nitrogens with one attached hydrogen (secondary N) is 2. The lowest BCUT2D eigenvalue weighted by Crippen LogP contribution is -2.45. The standard InChI is InChI=1S/C19H24N4O2/c20-13-15-3-1-2-4-17(15)22-18(24)9-12-23-10-7-16(8-11-23)21-19(25)14-5-6-14/h1-4,14,16H,5-12H2,(H,21,25)(H,22,24). The van der Waals surface area contributed by atoms with Crippen LogP contribution in [0, 0.1) is 17.2 Å². The van der Waals surface area contributed by atoms with E-state index in [9.17, 15) is 9.59 Å². The van der Waals surface area contributed by atoms with Crippen LogP contribution < -0.4 is 10.6 Å². The molecule has 1 saturated carbocycles. The molecule has 2 amide bonds. The Morgan fingerprint density at radius 1 is 1.16 bits per heavy atom. The summed E-state index contributed by atoms with van der Waals surface area (Å²) in [6, 6.07) is 9.37. The summed E-state index contributed by atoms with van der Waals surface area (Å²) in [5.41, 5.74) is 1.04. The minimum absolute atomic E-state index is 0.0770. The molecule has 0 aromatic heterocycles. The molecule has 1 aromatic rings. The van der Waals surface area contributed by atoms with Gasteiger partial charge in [-0.2, -0.15) is 5.26 Å². The van der Waals surface area contributed by atoms with Crippen LogP contribution in [0.3, 0.4) is 0 Å². The molecular formula is C19H24N4O2. The number of benzene rings is 1. The molecule has 1 saturated heterocycles. The van der Waals surface area contributed by atoms with Gasteiger partial charge in [0.05, 0.1) is 11.3 Å². The number of anilines is 1. The monoisotopic (exact) mass is 340 g/mol. The van der Waals surface area contributed by atoms with Gasteiger partial charge >= 0.3 is 0 Å². The summed E-state index contributed by atoms with van der Waals surface area (Å²) < 4.78 is 0. The lowest BCUT2D eigenvalue weighted by atomic mass is 10.0. The minimum Gasteiger partial charge on any atom is -0.353 e. The van der Waals surface area contributed by atoms with E-state index in [4.69, 9.17) is 5.26 Å². The van der Waals surface area contributed by atoms with Gasteiger partial charge in [0.1, 0.15) is 6.07 Å². The lowest BCUT2D eigenvalue weighted by Gasteiger charge is -2.32. The Labute approximate surface area is 148 Å². The normalized spacial score (nSPS) is 18.4. The van der Waals surface area contributed by atoms with Gasteiger partial charge in [-0.15, -0.1) is 0 Å². The zero-order valence-electron chi connectivity index (χ0n) is 14.3. The average molecular weight is 340 g/mol. The molecule has 1 heterocycles. The molecule has 0 spiro atoms. The predicted molar refractivity (Wildman–Crippen MR) is 94.7 cm³/mol. The summed E-state index contributed by atoms with van der Waals surface area (Å²) in [6.07, 6.45) is 4.36. The van der Waals surface area contributed by atoms with Crippen LogP contribution in [-0.2, 0) is 9.59 Å². The maximum Gasteiger partial charge on any atom is 0.225 e. The van der Waals surface area contributed by atoms with Gasteiger partial charge in [0.25, 0.3) is 0 Å². The van der Waals surface area contributed by atoms with Gasteiger partial charge in [-0.25, -0.2) is 0 Å². The number of nitrogens with zero attached hydrogens (tertiary/aromatic N) is 2. The molecule has 2 aliphatic rings. The van der Waals surface area contributed by atoms with Gasteiger partial charge in [-0.1, -0.05) is 12.1 Å². The third-order valence-electron chi connectivity index (χ3n) is 4.86. The van der Waals surface area contributed by atoms with Crippen LogP contribution in [0.15, 0.2) is 24.3 Å². The van der Waals surface area contributed by atoms with Crippen molar-refractivity contribution in [3.05, 3.63) is 29.8 Å². The Kier molecular flexibility index (Phi) is 5.67. The first-order valence-corrected chi connectivity index (χ1v) is 8.97. The fourth-order valence-electron chi connectivity index (χ4n) is 3.13. The minimum atomic E-state index is -0.0770. The van der Waals surface area contributed by atoms with E-state index in [2.05, 4.69) is 21.6 Å². The van der Waals surface area contributed by atoms with Crippen molar-refractivity contribution in [3.63, 3.8) is 0 Å². The summed E-state index contributed by atoms with van der Waals surface area (Å²) in [6.45, 7) is 2.50. The first kappa shape index (κ1) is 17.4. The number of amides is 2. The van der Waals surface area contributed by atoms with Crippen LogP contribution in [0.25, 0.3) is 0 Å². The summed E-state index contributed by atoms with van der Waals surface area (Å²) in [5, 5.41) is 15.0. The van der Waals surface area contributed by atoms with Crippen molar-refractivity contribution in [2.45, 2.75) is 38.1 Å². The van der Waals surface area contributed by atoms with Crippen LogP contribution in [-0.4, -0.2) is 42.4 Å². The summed E-state index contributed by atoms with van der Waals surface area (Å²) >= 11 is 0. The van der Waals surface area contributed by atoms with E-state index in [1.807, 2.05) is 0 Å². The summed E-state index contributed by atoms with van der Waals surface area (Å²) in [5.74, 6) is 0.402. The van der Waals surface area contributed by atoms with Crippen molar-refractivity contribution in [2.75, 3.05) is 25.0 Å². The first-order chi connectivity index (χ1) is 12.2. The second-order valence-electron chi connectivity index (χ2n) is 6.85. The number of carbonyl (C=O) groups is 2. The largest absolute Gasteiger partial charge is 0.353 e. The van der Waals surface area contributed by atoms with Gasteiger partial charge in [-0.3, -0.25) is 9.59 Å². The fourth-order valence-corrected chi connectivity index (χ4v) is 3.13. The quantitative estimate of drug-likeness (QED) is 0.828. The number of likely N-dealkylation sites (tertiary alicyclic amines) is 1. The molecule has 1 aromatic carbocycles. The molecule has 2 N–H and O–H groups in total. The van der Waals surface area contributed by atoms with Crippen LogP contribution in [0.2, 0.25) is 0 Å². The second-order valence-corrected chi connectivity index (χ2v) is 6.85. The molecule has 3 rings (SSSR count). The molecule has 2 fully saturated rings. The molecule has 132 valence electrons. The summed E-state index contributed by atoms with van der Waals surface area (Å²) in [4.78, 5) is 26.2. The Bertz CT molecular complexity index is 670. The molecule has 0 bridgehead atoms. The van der Waals surface area contributed by atoms with Crippen molar-refractivity contribution < 1.29 is 9.59 Å². The van der Waals surface area contributed by atoms with E-state index in [-0.39, 0.29) is 23.8 Å². The molecule has 6 nitrogen and oxygen atoms in total. The molecular weight excluding hydrogens is 316 g/mol. The van der Waals surface area contributed by atoms with Crippen LogP contribution in [0.4, 0.5) is 5.69 Å². The number of nitriles is 1. The number of rotatable bonds is 6. The molecule has 0 unspecified atom stereocenters. The van der Waals surface area contributed by atoms with Crippen molar-refractivity contribution >= 4 is 17.5 Å². The second kappa shape index (κ2) is 8.13. The van der Waals surface area contributed by atoms with Crippen LogP contribution in [0.1, 0.15) is 37.7 Å². The molecule has 0 atom stereocenters. The van der Waals surface area contributed by atoms with Crippen molar-refractivity contribution in [2.24, 2.45) is 5.92 Å². The van der Waals surface area contributed by atoms with Gasteiger partial charge in [0.2, 0.25) is 11.8 Å². The molecule has 0 radical (unpaired) electrons. The lowest BCUT2D eigenvalue weighted by molar-refractivity contribution is -0.123. The molecule has 25 heavy (non-hydrogen) atoms. The Balaban J connectivity index is 1.37. The Morgan fingerprint density at radius 3 is 2.56 bits per heavy atom. The summed E-state index contributed by atoms with van der Waals surface area (Å²) in [7, 11) is 0. The number of hydrogen-bond acceptors (Lipinski definition) is 4. The smallest absolute Gasteiger partial charge is 0.225 e. The number of para-hydroxylation sites is 1. The maximum atomic E-state index is 12.1. The van der Waals surface area contributed by atoms with E-state index in [1.54, 1.807) is 24.3 Å². The van der Waals surface area contributed by atoms with Crippen LogP contribution in [0.5, 0.6) is 0 Å². The zero-order chi connectivity index (χ0) is 17.6. The van der Waals surface area contributed by atoms with Gasteiger partial charge < -0.3 is 15.5 Å². The predicted octanol–water partition coefficient (Wildman–Crippen LogP) is 1.88. The van der Waals surface area contributed by atoms with Gasteiger partial charge in [0, 0.05) is 38.0 Å². The fraction of sp³-hybridized carbons (Fsp3) is 0.526. The first-order valence-electron chi connectivity index (χ1n) is 8.97. The van der Waals surface area contributed by atoms with E-state index in [0.717, 1.165) is 38.8 Å². The third-order valence-corrected chi connectivity index (χ3v) is 4.86. The molecule has 1 aliphatic carbocycles. The van der Waals surface area contributed by atoms with E-state index in [1.165, 1.54) is 0 Å². The van der Waals surface area contributed by atoms with E-state index < -0.39 is 0 Å². The number of carbonyl (C=O) groups excluding carboxylic acids is 2. The Hall–Kier alpha value is -2.39.